The van der Waals surface area contributed by atoms with Gasteiger partial charge in [0.2, 0.25) is 17.7 Å². The molecule has 0 aliphatic carbocycles. The van der Waals surface area contributed by atoms with E-state index in [9.17, 15) is 19.5 Å². The van der Waals surface area contributed by atoms with Gasteiger partial charge in [0, 0.05) is 24.8 Å². The van der Waals surface area contributed by atoms with Crippen molar-refractivity contribution in [2.24, 2.45) is 11.8 Å². The van der Waals surface area contributed by atoms with Crippen molar-refractivity contribution < 1.29 is 29.0 Å². The number of carbonyl (C=O) groups excluding carboxylic acids is 3. The van der Waals surface area contributed by atoms with Gasteiger partial charge >= 0.3 is 0 Å². The highest BCUT2D eigenvalue weighted by Gasteiger charge is 2.75. The minimum Gasteiger partial charge on any atom is -0.494 e. The van der Waals surface area contributed by atoms with E-state index in [0.717, 1.165) is 18.4 Å². The van der Waals surface area contributed by atoms with Crippen molar-refractivity contribution in [2.45, 2.75) is 82.7 Å². The monoisotopic (exact) mass is 643 g/mol. The molecule has 2 aromatic rings. The lowest BCUT2D eigenvalue weighted by molar-refractivity contribution is -0.152. The average Bonchev–Trinajstić information content (AvgIpc) is 3.73. The lowest BCUT2D eigenvalue weighted by atomic mass is 9.70. The maximum atomic E-state index is 14.8. The van der Waals surface area contributed by atoms with Crippen LogP contribution in [0, 0.1) is 11.8 Å². The third-order valence-corrected chi connectivity index (χ3v) is 10.1. The van der Waals surface area contributed by atoms with Crippen LogP contribution in [0.4, 0.5) is 5.69 Å². The van der Waals surface area contributed by atoms with E-state index in [2.05, 4.69) is 20.1 Å². The van der Waals surface area contributed by atoms with Gasteiger partial charge in [0.05, 0.1) is 37.2 Å². The third kappa shape index (κ3) is 6.35. The van der Waals surface area contributed by atoms with E-state index in [-0.39, 0.29) is 36.9 Å². The first-order valence-electron chi connectivity index (χ1n) is 17.0. The summed E-state index contributed by atoms with van der Waals surface area (Å²) in [5.74, 6) is -1.74. The molecule has 0 saturated carbocycles. The van der Waals surface area contributed by atoms with Gasteiger partial charge in [-0.15, -0.1) is 13.2 Å². The number of ether oxygens (including phenoxy) is 2. The fraction of sp³-hybridized carbons (Fsp3) is 0.500. The molecule has 7 atom stereocenters. The number of aliphatic hydroxyl groups is 1. The number of amides is 3. The second-order valence-corrected chi connectivity index (χ2v) is 12.9. The van der Waals surface area contributed by atoms with Crippen molar-refractivity contribution >= 4 is 23.4 Å². The van der Waals surface area contributed by atoms with E-state index in [4.69, 9.17) is 9.47 Å². The van der Waals surface area contributed by atoms with Crippen LogP contribution in [0.1, 0.15) is 52.0 Å². The average molecular weight is 644 g/mol. The van der Waals surface area contributed by atoms with Gasteiger partial charge < -0.3 is 29.3 Å². The van der Waals surface area contributed by atoms with E-state index in [1.807, 2.05) is 68.4 Å². The van der Waals surface area contributed by atoms with E-state index in [1.165, 1.54) is 0 Å². The Morgan fingerprint density at radius 2 is 1.79 bits per heavy atom. The Bertz CT molecular complexity index is 1430. The Balaban J connectivity index is 1.57. The minimum atomic E-state index is -1.19. The molecule has 9 heteroatoms. The predicted octanol–water partition coefficient (Wildman–Crippen LogP) is 4.79. The summed E-state index contributed by atoms with van der Waals surface area (Å²) >= 11 is 0. The van der Waals surface area contributed by atoms with Gasteiger partial charge in [-0.3, -0.25) is 14.4 Å². The van der Waals surface area contributed by atoms with Crippen LogP contribution in [0.3, 0.4) is 0 Å². The molecule has 3 heterocycles. The lowest BCUT2D eigenvalue weighted by Crippen LogP contribution is -2.60. The van der Waals surface area contributed by atoms with Gasteiger partial charge in [-0.25, -0.2) is 0 Å². The number of likely N-dealkylation sites (tertiary alicyclic amines) is 1. The van der Waals surface area contributed by atoms with Crippen molar-refractivity contribution in [3.8, 4) is 5.75 Å². The summed E-state index contributed by atoms with van der Waals surface area (Å²) in [6.07, 6.45) is 5.92. The molecule has 3 aliphatic heterocycles. The van der Waals surface area contributed by atoms with Gasteiger partial charge in [0.15, 0.2) is 0 Å². The van der Waals surface area contributed by atoms with E-state index < -0.39 is 35.6 Å². The summed E-state index contributed by atoms with van der Waals surface area (Å²) in [5, 5.41) is 10.8. The third-order valence-electron chi connectivity index (χ3n) is 10.1. The van der Waals surface area contributed by atoms with Crippen LogP contribution in [-0.4, -0.2) is 88.8 Å². The lowest BCUT2D eigenvalue weighted by Gasteiger charge is -2.41. The van der Waals surface area contributed by atoms with Crippen molar-refractivity contribution in [1.29, 1.82) is 0 Å². The van der Waals surface area contributed by atoms with Crippen LogP contribution in [0.15, 0.2) is 79.9 Å². The zero-order valence-electron chi connectivity index (χ0n) is 27.9. The molecule has 2 bridgehead atoms. The first-order valence-corrected chi connectivity index (χ1v) is 17.0. The quantitative estimate of drug-likeness (QED) is 0.264. The number of carbonyl (C=O) groups is 3. The number of anilines is 1. The largest absolute Gasteiger partial charge is 0.494 e. The zero-order valence-corrected chi connectivity index (χ0v) is 27.9. The minimum absolute atomic E-state index is 0.0987. The standard InChI is InChI=1S/C38H49N3O6/c1-6-13-26(5)39(22-7-2)37(45)34-38-21-20-31(47-38)32(35(43)40(23-8-3)28-16-18-30(19-17-28)46-9-4)33(38)36(44)41(34)29(25-42)24-27-14-11-10-12-15-27/h7-8,10-12,14-19,26,29,31-34,42H,2-3,6,9,13,20-25H2,1,4-5H3/t26?,29-,31-,32+,33+,34?,38?/m1/s1. The van der Waals surface area contributed by atoms with Gasteiger partial charge in [-0.2, -0.15) is 0 Å². The summed E-state index contributed by atoms with van der Waals surface area (Å²) in [6.45, 7) is 14.5. The van der Waals surface area contributed by atoms with Crippen LogP contribution in [0.2, 0.25) is 0 Å². The van der Waals surface area contributed by atoms with Crippen LogP contribution in [0.25, 0.3) is 0 Å². The number of hydrogen-bond donors (Lipinski definition) is 1. The number of aliphatic hydroxyl groups excluding tert-OH is 1. The highest BCUT2D eigenvalue weighted by Crippen LogP contribution is 2.59. The molecule has 0 aromatic heterocycles. The molecule has 47 heavy (non-hydrogen) atoms. The topological polar surface area (TPSA) is 99.6 Å². The van der Waals surface area contributed by atoms with Crippen molar-refractivity contribution in [1.82, 2.24) is 9.80 Å². The zero-order chi connectivity index (χ0) is 33.7. The molecule has 1 N–H and O–H groups in total. The van der Waals surface area contributed by atoms with Gasteiger partial charge in [0.1, 0.15) is 17.4 Å². The van der Waals surface area contributed by atoms with E-state index in [1.54, 1.807) is 26.9 Å². The predicted molar refractivity (Wildman–Crippen MR) is 182 cm³/mol. The van der Waals surface area contributed by atoms with Crippen molar-refractivity contribution in [2.75, 3.05) is 31.2 Å². The molecular weight excluding hydrogens is 594 g/mol. The maximum Gasteiger partial charge on any atom is 0.248 e. The van der Waals surface area contributed by atoms with Gasteiger partial charge in [-0.1, -0.05) is 55.8 Å². The van der Waals surface area contributed by atoms with Gasteiger partial charge in [-0.05, 0) is 69.4 Å². The molecule has 3 aliphatic rings. The molecule has 3 saturated heterocycles. The Morgan fingerprint density at radius 3 is 2.40 bits per heavy atom. The molecule has 3 fully saturated rings. The Morgan fingerprint density at radius 1 is 1.09 bits per heavy atom. The normalized spacial score (nSPS) is 25.6. The molecule has 1 spiro atoms. The van der Waals surface area contributed by atoms with Gasteiger partial charge in [0.25, 0.3) is 0 Å². The van der Waals surface area contributed by atoms with Crippen LogP contribution < -0.4 is 9.64 Å². The summed E-state index contributed by atoms with van der Waals surface area (Å²) in [4.78, 5) is 49.3. The molecule has 0 radical (unpaired) electrons. The first kappa shape index (κ1) is 34.4. The highest BCUT2D eigenvalue weighted by atomic mass is 16.5. The number of nitrogens with zero attached hydrogens (tertiary/aromatic N) is 3. The maximum absolute atomic E-state index is 14.8. The Kier molecular flexibility index (Phi) is 10.9. The molecular formula is C38H49N3O6. The van der Waals surface area contributed by atoms with Crippen molar-refractivity contribution in [3.05, 3.63) is 85.5 Å². The molecule has 252 valence electrons. The molecule has 9 nitrogen and oxygen atoms in total. The number of rotatable bonds is 16. The fourth-order valence-electron chi connectivity index (χ4n) is 8.06. The smallest absolute Gasteiger partial charge is 0.248 e. The Labute approximate surface area is 278 Å². The number of hydrogen-bond acceptors (Lipinski definition) is 6. The molecule has 3 unspecified atom stereocenters. The summed E-state index contributed by atoms with van der Waals surface area (Å²) in [6, 6.07) is 15.2. The summed E-state index contributed by atoms with van der Waals surface area (Å²) < 4.78 is 12.4. The highest BCUT2D eigenvalue weighted by molar-refractivity contribution is 6.03. The van der Waals surface area contributed by atoms with Crippen LogP contribution in [0.5, 0.6) is 5.75 Å². The Hall–Kier alpha value is -3.95. The second kappa shape index (κ2) is 14.9. The summed E-state index contributed by atoms with van der Waals surface area (Å²) in [5.41, 5.74) is 0.411. The first-order chi connectivity index (χ1) is 22.8. The SMILES string of the molecule is C=CCN(C(=O)[C@@H]1[C@H]2C(=O)N([C@@H](CO)Cc3ccccc3)C(C(=O)N(CC=C)C(C)CCC)C23CC[C@H]1O3)c1ccc(OCC)cc1. The summed E-state index contributed by atoms with van der Waals surface area (Å²) in [7, 11) is 0. The molecule has 2 aromatic carbocycles. The van der Waals surface area contributed by atoms with Crippen molar-refractivity contribution in [3.63, 3.8) is 0 Å². The van der Waals surface area contributed by atoms with E-state index in [0.29, 0.717) is 43.9 Å². The number of fused-ring (bicyclic) bond motifs is 1. The fourth-order valence-corrected chi connectivity index (χ4v) is 8.06. The molecule has 5 rings (SSSR count). The number of benzene rings is 2. The van der Waals surface area contributed by atoms with Crippen LogP contribution in [-0.2, 0) is 25.5 Å². The second-order valence-electron chi connectivity index (χ2n) is 12.9. The molecule has 3 amide bonds. The van der Waals surface area contributed by atoms with Crippen LogP contribution >= 0.6 is 0 Å². The van der Waals surface area contributed by atoms with E-state index >= 15 is 0 Å².